The molecule has 0 bridgehead atoms. The van der Waals surface area contributed by atoms with Gasteiger partial charge in [0.1, 0.15) is 13.1 Å². The van der Waals surface area contributed by atoms with E-state index in [4.69, 9.17) is 27.9 Å². The lowest BCUT2D eigenvalue weighted by Gasteiger charge is -2.37. The van der Waals surface area contributed by atoms with Crippen molar-refractivity contribution in [2.75, 3.05) is 23.4 Å². The number of esters is 2. The van der Waals surface area contributed by atoms with Gasteiger partial charge in [-0.3, -0.25) is 9.59 Å². The van der Waals surface area contributed by atoms with E-state index in [9.17, 15) is 19.2 Å². The first kappa shape index (κ1) is 40.2. The van der Waals surface area contributed by atoms with E-state index in [0.717, 1.165) is 50.0 Å². The quantitative estimate of drug-likeness (QED) is 0.0780. The van der Waals surface area contributed by atoms with Gasteiger partial charge in [-0.15, -0.1) is 6.58 Å². The van der Waals surface area contributed by atoms with E-state index in [2.05, 4.69) is 6.58 Å². The fourth-order valence-corrected chi connectivity index (χ4v) is 9.62. The molecule has 0 spiro atoms. The summed E-state index contributed by atoms with van der Waals surface area (Å²) in [5, 5.41) is 2.74. The van der Waals surface area contributed by atoms with Crippen molar-refractivity contribution in [2.24, 2.45) is 10.8 Å². The van der Waals surface area contributed by atoms with E-state index < -0.39 is 22.8 Å². The topological polar surface area (TPSA) is 93.9 Å². The highest BCUT2D eigenvalue weighted by molar-refractivity contribution is 6.42. The monoisotopic (exact) mass is 828 g/mol. The number of carbonyl (C=O) groups excluding carboxylic acids is 4. The minimum atomic E-state index is -0.713. The van der Waals surface area contributed by atoms with Gasteiger partial charge in [0.15, 0.2) is 0 Å². The van der Waals surface area contributed by atoms with Crippen LogP contribution in [0.4, 0.5) is 11.4 Å². The van der Waals surface area contributed by atoms with Gasteiger partial charge < -0.3 is 23.7 Å². The lowest BCUT2D eigenvalue weighted by Crippen LogP contribution is -2.45. The van der Waals surface area contributed by atoms with Gasteiger partial charge in [-0.25, -0.2) is 9.59 Å². The average Bonchev–Trinajstić information content (AvgIpc) is 3.70. The summed E-state index contributed by atoms with van der Waals surface area (Å²) in [5.41, 5.74) is 5.77. The molecule has 2 atom stereocenters. The summed E-state index contributed by atoms with van der Waals surface area (Å²) in [5.74, 6) is -1.32. The highest BCUT2D eigenvalue weighted by atomic mass is 35.5. The number of rotatable bonds is 10. The van der Waals surface area contributed by atoms with Crippen LogP contribution < -0.4 is 9.80 Å². The number of ether oxygens (including phenoxy) is 1. The van der Waals surface area contributed by atoms with Crippen LogP contribution in [0.5, 0.6) is 0 Å². The van der Waals surface area contributed by atoms with Crippen molar-refractivity contribution in [1.82, 2.24) is 9.13 Å². The maximum absolute atomic E-state index is 14.3. The number of para-hydroxylation sites is 3. The summed E-state index contributed by atoms with van der Waals surface area (Å²) < 4.78 is 9.45. The Balaban J connectivity index is 1.00. The number of carbonyl (C=O) groups is 4. The molecule has 2 aromatic heterocycles. The zero-order valence-electron chi connectivity index (χ0n) is 33.5. The van der Waals surface area contributed by atoms with Gasteiger partial charge >= 0.3 is 11.9 Å². The SMILES string of the molecule is C=CCN(C(=O)C1(C)CCc2c(c3ccccc3n2CC(=O)OC(=O)Cn2c3c(c4ccccc42)CC(C)(C(=O)N(C)c2ccc(Cl)c(Cl)c2)CC3)C1)c1ccccc1. The number of halogens is 2. The first-order valence-corrected chi connectivity index (χ1v) is 20.7. The van der Waals surface area contributed by atoms with E-state index >= 15 is 0 Å². The number of benzene rings is 4. The van der Waals surface area contributed by atoms with Gasteiger partial charge in [0, 0.05) is 58.2 Å². The maximum atomic E-state index is 14.3. The number of fused-ring (bicyclic) bond motifs is 6. The van der Waals surface area contributed by atoms with Crippen molar-refractivity contribution in [3.05, 3.63) is 142 Å². The summed E-state index contributed by atoms with van der Waals surface area (Å²) in [4.78, 5) is 59.0. The Morgan fingerprint density at radius 2 is 1.20 bits per heavy atom. The first-order chi connectivity index (χ1) is 28.3. The van der Waals surface area contributed by atoms with Crippen molar-refractivity contribution in [3.8, 4) is 0 Å². The van der Waals surface area contributed by atoms with Gasteiger partial charge in [-0.1, -0.05) is 97.7 Å². The van der Waals surface area contributed by atoms with Gasteiger partial charge in [0.25, 0.3) is 0 Å². The van der Waals surface area contributed by atoms with Crippen LogP contribution in [0.1, 0.15) is 49.2 Å². The van der Waals surface area contributed by atoms with Crippen LogP contribution in [0.3, 0.4) is 0 Å². The van der Waals surface area contributed by atoms with Crippen molar-refractivity contribution in [1.29, 1.82) is 0 Å². The zero-order valence-corrected chi connectivity index (χ0v) is 35.0. The number of aromatic nitrogens is 2. The molecule has 0 aliphatic heterocycles. The van der Waals surface area contributed by atoms with E-state index in [-0.39, 0.29) is 24.9 Å². The molecule has 302 valence electrons. The zero-order chi connectivity index (χ0) is 41.6. The van der Waals surface area contributed by atoms with Crippen LogP contribution in [0.2, 0.25) is 10.0 Å². The highest BCUT2D eigenvalue weighted by Gasteiger charge is 2.43. The van der Waals surface area contributed by atoms with Gasteiger partial charge in [-0.05, 0) is 92.1 Å². The predicted molar refractivity (Wildman–Crippen MR) is 234 cm³/mol. The molecular formula is C48H46Cl2N4O5. The standard InChI is InChI=1S/C48H46Cl2N4O5/c1-5-25-52(31-13-7-6-8-14-31)46(58)48(3)24-22-42-36(28-48)34-16-10-12-18-40(34)54(42)30-44(56)59-43(55)29-53-39-17-11-9-15-33(39)35-27-47(2,23-21-41(35)53)45(57)51(4)32-19-20-37(49)38(50)26-32/h5-20,26H,1,21-25,27-30H2,2-4H3. The summed E-state index contributed by atoms with van der Waals surface area (Å²) in [7, 11) is 1.74. The van der Waals surface area contributed by atoms with Crippen LogP contribution in [-0.4, -0.2) is 46.5 Å². The van der Waals surface area contributed by atoms with E-state index in [1.54, 1.807) is 41.1 Å². The van der Waals surface area contributed by atoms with Crippen molar-refractivity contribution in [3.63, 3.8) is 0 Å². The molecule has 0 fully saturated rings. The summed E-state index contributed by atoms with van der Waals surface area (Å²) >= 11 is 12.4. The number of anilines is 2. The number of hydrogen-bond acceptors (Lipinski definition) is 5. The molecule has 2 unspecified atom stereocenters. The Morgan fingerprint density at radius 3 is 1.73 bits per heavy atom. The fourth-order valence-electron chi connectivity index (χ4n) is 9.33. The largest absolute Gasteiger partial charge is 0.390 e. The molecule has 0 N–H and O–H groups in total. The number of nitrogens with zero attached hydrogens (tertiary/aromatic N) is 4. The van der Waals surface area contributed by atoms with Crippen LogP contribution in [0.25, 0.3) is 21.8 Å². The van der Waals surface area contributed by atoms with Crippen LogP contribution in [-0.2, 0) is 62.7 Å². The molecule has 4 aromatic carbocycles. The normalized spacial score (nSPS) is 18.5. The highest BCUT2D eigenvalue weighted by Crippen LogP contribution is 2.44. The Morgan fingerprint density at radius 1 is 0.695 bits per heavy atom. The molecule has 9 nitrogen and oxygen atoms in total. The van der Waals surface area contributed by atoms with E-state index in [0.29, 0.717) is 60.8 Å². The third kappa shape index (κ3) is 7.36. The molecule has 0 radical (unpaired) electrons. The van der Waals surface area contributed by atoms with Crippen molar-refractivity contribution < 1.29 is 23.9 Å². The molecular weight excluding hydrogens is 783 g/mol. The fraction of sp³-hybridized carbons (Fsp3) is 0.292. The molecule has 2 aliphatic rings. The van der Waals surface area contributed by atoms with Gasteiger partial charge in [0.2, 0.25) is 11.8 Å². The van der Waals surface area contributed by atoms with Crippen LogP contribution >= 0.6 is 23.2 Å². The molecule has 2 aliphatic carbocycles. The smallest absolute Gasteiger partial charge is 0.333 e. The number of hydrogen-bond donors (Lipinski definition) is 0. The van der Waals surface area contributed by atoms with Crippen LogP contribution in [0.15, 0.2) is 110 Å². The number of amides is 2. The summed E-state index contributed by atoms with van der Waals surface area (Å²) in [6, 6.07) is 30.5. The Kier molecular flexibility index (Phi) is 10.8. The molecule has 8 rings (SSSR count). The molecule has 11 heteroatoms. The first-order valence-electron chi connectivity index (χ1n) is 19.9. The Hall–Kier alpha value is -5.64. The second-order valence-electron chi connectivity index (χ2n) is 16.4. The minimum absolute atomic E-state index is 0.0303. The van der Waals surface area contributed by atoms with Crippen molar-refractivity contribution in [2.45, 2.75) is 65.5 Å². The molecule has 0 saturated heterocycles. The predicted octanol–water partition coefficient (Wildman–Crippen LogP) is 9.54. The van der Waals surface area contributed by atoms with Gasteiger partial charge in [-0.2, -0.15) is 0 Å². The lowest BCUT2D eigenvalue weighted by atomic mass is 9.73. The van der Waals surface area contributed by atoms with Crippen LogP contribution in [0, 0.1) is 10.8 Å². The molecule has 2 amide bonds. The third-order valence-corrected chi connectivity index (χ3v) is 13.1. The molecule has 0 saturated carbocycles. The second kappa shape index (κ2) is 15.8. The Labute approximate surface area is 353 Å². The lowest BCUT2D eigenvalue weighted by molar-refractivity contribution is -0.160. The summed E-state index contributed by atoms with van der Waals surface area (Å²) in [6.07, 6.45) is 5.01. The second-order valence-corrected chi connectivity index (χ2v) is 17.2. The third-order valence-electron chi connectivity index (χ3n) is 12.4. The summed E-state index contributed by atoms with van der Waals surface area (Å²) in [6.45, 7) is 8.01. The minimum Gasteiger partial charge on any atom is -0.390 e. The van der Waals surface area contributed by atoms with Crippen molar-refractivity contribution >= 4 is 80.1 Å². The van der Waals surface area contributed by atoms with E-state index in [1.807, 2.05) is 102 Å². The van der Waals surface area contributed by atoms with Gasteiger partial charge in [0.05, 0.1) is 20.9 Å². The Bertz CT molecular complexity index is 2670. The average molecular weight is 830 g/mol. The molecule has 6 aromatic rings. The van der Waals surface area contributed by atoms with E-state index in [1.165, 1.54) is 0 Å². The molecule has 2 heterocycles. The molecule has 59 heavy (non-hydrogen) atoms. The maximum Gasteiger partial charge on any atom is 0.333 e.